The molecule has 0 heterocycles. The van der Waals surface area contributed by atoms with Crippen molar-refractivity contribution in [3.8, 4) is 0 Å². The molecule has 22 heavy (non-hydrogen) atoms. The van der Waals surface area contributed by atoms with Crippen LogP contribution in [0, 0.1) is 6.92 Å². The minimum absolute atomic E-state index is 0.142. The number of halogens is 2. The molecular weight excluding hydrogens is 323 g/mol. The largest absolute Gasteiger partial charge is 0.343 e. The van der Waals surface area contributed by atoms with Gasteiger partial charge >= 0.3 is 0 Å². The van der Waals surface area contributed by atoms with Gasteiger partial charge in [0.25, 0.3) is 5.91 Å². The smallest absolute Gasteiger partial charge is 0.251 e. The molecule has 6 heteroatoms. The number of carbonyl (C=O) groups excluding carboxylic acids is 2. The Bertz CT molecular complexity index is 717. The monoisotopic (exact) mass is 336 g/mol. The van der Waals surface area contributed by atoms with Gasteiger partial charge in [0.15, 0.2) is 0 Å². The van der Waals surface area contributed by atoms with E-state index in [1.807, 2.05) is 13.0 Å². The Balaban J connectivity index is 1.93. The summed E-state index contributed by atoms with van der Waals surface area (Å²) in [7, 11) is 0. The number of nitrogens with one attached hydrogen (secondary N) is 2. The van der Waals surface area contributed by atoms with E-state index in [4.69, 9.17) is 23.2 Å². The third kappa shape index (κ3) is 4.48. The predicted octanol–water partition coefficient (Wildman–Crippen LogP) is 3.67. The van der Waals surface area contributed by atoms with Gasteiger partial charge < -0.3 is 10.6 Å². The summed E-state index contributed by atoms with van der Waals surface area (Å²) >= 11 is 11.7. The minimum atomic E-state index is -0.361. The number of hydrogen-bond acceptors (Lipinski definition) is 2. The molecule has 2 amide bonds. The van der Waals surface area contributed by atoms with Crippen LogP contribution in [0.15, 0.2) is 42.5 Å². The van der Waals surface area contributed by atoms with Crippen molar-refractivity contribution >= 4 is 40.7 Å². The van der Waals surface area contributed by atoms with E-state index in [1.165, 1.54) is 6.07 Å². The molecule has 0 radical (unpaired) electrons. The van der Waals surface area contributed by atoms with Gasteiger partial charge in [-0.2, -0.15) is 0 Å². The lowest BCUT2D eigenvalue weighted by Crippen LogP contribution is -2.33. The van der Waals surface area contributed by atoms with Gasteiger partial charge in [-0.1, -0.05) is 35.3 Å². The molecule has 0 saturated heterocycles. The Labute approximate surface area is 138 Å². The van der Waals surface area contributed by atoms with Crippen LogP contribution in [0.25, 0.3) is 0 Å². The third-order valence-electron chi connectivity index (χ3n) is 2.97. The van der Waals surface area contributed by atoms with Crippen molar-refractivity contribution in [3.05, 3.63) is 63.6 Å². The maximum Gasteiger partial charge on any atom is 0.251 e. The molecule has 0 spiro atoms. The van der Waals surface area contributed by atoms with Gasteiger partial charge in [-0.25, -0.2) is 0 Å². The SMILES string of the molecule is Cc1ccc(Cl)cc1NC(=O)CNC(=O)c1cccc(Cl)c1. The molecule has 2 rings (SSSR count). The second-order valence-corrected chi connectivity index (χ2v) is 5.57. The number of carbonyl (C=O) groups is 2. The average molecular weight is 337 g/mol. The topological polar surface area (TPSA) is 58.2 Å². The maximum atomic E-state index is 11.9. The van der Waals surface area contributed by atoms with Crippen LogP contribution in [-0.4, -0.2) is 18.4 Å². The van der Waals surface area contributed by atoms with E-state index in [9.17, 15) is 9.59 Å². The highest BCUT2D eigenvalue weighted by Gasteiger charge is 2.09. The summed E-state index contributed by atoms with van der Waals surface area (Å²) in [6.45, 7) is 1.72. The van der Waals surface area contributed by atoms with Crippen molar-refractivity contribution < 1.29 is 9.59 Å². The van der Waals surface area contributed by atoms with Crippen molar-refractivity contribution in [1.82, 2.24) is 5.32 Å². The first-order valence-electron chi connectivity index (χ1n) is 6.55. The summed E-state index contributed by atoms with van der Waals surface area (Å²) in [5.74, 6) is -0.693. The normalized spacial score (nSPS) is 10.1. The van der Waals surface area contributed by atoms with Crippen LogP contribution in [0.4, 0.5) is 5.69 Å². The highest BCUT2D eigenvalue weighted by molar-refractivity contribution is 6.31. The highest BCUT2D eigenvalue weighted by Crippen LogP contribution is 2.19. The van der Waals surface area contributed by atoms with Crippen molar-refractivity contribution in [3.63, 3.8) is 0 Å². The van der Waals surface area contributed by atoms with Crippen molar-refractivity contribution in [2.45, 2.75) is 6.92 Å². The molecule has 2 aromatic carbocycles. The fourth-order valence-electron chi connectivity index (χ4n) is 1.82. The number of benzene rings is 2. The molecule has 114 valence electrons. The van der Waals surface area contributed by atoms with Crippen LogP contribution < -0.4 is 10.6 Å². The number of aryl methyl sites for hydroxylation is 1. The van der Waals surface area contributed by atoms with Gasteiger partial charge in [0, 0.05) is 21.3 Å². The molecule has 2 aromatic rings. The van der Waals surface area contributed by atoms with Crippen LogP contribution >= 0.6 is 23.2 Å². The number of rotatable bonds is 4. The zero-order chi connectivity index (χ0) is 16.1. The molecule has 2 N–H and O–H groups in total. The molecule has 4 nitrogen and oxygen atoms in total. The lowest BCUT2D eigenvalue weighted by Gasteiger charge is -2.10. The van der Waals surface area contributed by atoms with Crippen LogP contribution in [0.2, 0.25) is 10.0 Å². The Morgan fingerprint density at radius 3 is 2.50 bits per heavy atom. The second-order valence-electron chi connectivity index (χ2n) is 4.70. The van der Waals surface area contributed by atoms with Crippen LogP contribution in [-0.2, 0) is 4.79 Å². The van der Waals surface area contributed by atoms with Crippen LogP contribution in [0.5, 0.6) is 0 Å². The van der Waals surface area contributed by atoms with Gasteiger partial charge in [-0.15, -0.1) is 0 Å². The molecule has 0 saturated carbocycles. The second kappa shape index (κ2) is 7.29. The van der Waals surface area contributed by atoms with Crippen molar-refractivity contribution in [1.29, 1.82) is 0 Å². The summed E-state index contributed by atoms with van der Waals surface area (Å²) in [6, 6.07) is 11.7. The van der Waals surface area contributed by atoms with E-state index in [0.717, 1.165) is 5.56 Å². The molecule has 0 bridgehead atoms. The third-order valence-corrected chi connectivity index (χ3v) is 3.44. The molecule has 0 aliphatic heterocycles. The van der Waals surface area contributed by atoms with Crippen LogP contribution in [0.3, 0.4) is 0 Å². The van der Waals surface area contributed by atoms with Crippen molar-refractivity contribution in [2.24, 2.45) is 0 Å². The van der Waals surface area contributed by atoms with E-state index in [0.29, 0.717) is 21.3 Å². The van der Waals surface area contributed by atoms with Gasteiger partial charge in [-0.3, -0.25) is 9.59 Å². The highest BCUT2D eigenvalue weighted by atomic mass is 35.5. The summed E-state index contributed by atoms with van der Waals surface area (Å²) in [5, 5.41) is 6.24. The zero-order valence-electron chi connectivity index (χ0n) is 11.8. The molecular formula is C16H14Cl2N2O2. The lowest BCUT2D eigenvalue weighted by atomic mass is 10.2. The minimum Gasteiger partial charge on any atom is -0.343 e. The Morgan fingerprint density at radius 1 is 1.05 bits per heavy atom. The number of hydrogen-bond donors (Lipinski definition) is 2. The van der Waals surface area contributed by atoms with Gasteiger partial charge in [-0.05, 0) is 42.8 Å². The average Bonchev–Trinajstić information content (AvgIpc) is 2.48. The summed E-state index contributed by atoms with van der Waals surface area (Å²) in [5.41, 5.74) is 1.91. The Hall–Kier alpha value is -2.04. The van der Waals surface area contributed by atoms with Crippen LogP contribution in [0.1, 0.15) is 15.9 Å². The standard InChI is InChI=1S/C16H14Cl2N2O2/c1-10-5-6-13(18)8-14(10)20-15(21)9-19-16(22)11-3-2-4-12(17)7-11/h2-8H,9H2,1H3,(H,19,22)(H,20,21). The van der Waals surface area contributed by atoms with Gasteiger partial charge in [0.2, 0.25) is 5.91 Å². The van der Waals surface area contributed by atoms with Gasteiger partial charge in [0.05, 0.1) is 6.54 Å². The molecule has 0 aromatic heterocycles. The molecule has 0 atom stereocenters. The Morgan fingerprint density at radius 2 is 1.77 bits per heavy atom. The van der Waals surface area contributed by atoms with E-state index >= 15 is 0 Å². The lowest BCUT2D eigenvalue weighted by molar-refractivity contribution is -0.115. The number of anilines is 1. The van der Waals surface area contributed by atoms with Crippen molar-refractivity contribution in [2.75, 3.05) is 11.9 Å². The number of amides is 2. The van der Waals surface area contributed by atoms with E-state index in [2.05, 4.69) is 10.6 Å². The fourth-order valence-corrected chi connectivity index (χ4v) is 2.18. The Kier molecular flexibility index (Phi) is 5.41. The molecule has 0 aliphatic rings. The van der Waals surface area contributed by atoms with E-state index in [1.54, 1.807) is 30.3 Å². The summed E-state index contributed by atoms with van der Waals surface area (Å²) in [6.07, 6.45) is 0. The van der Waals surface area contributed by atoms with Gasteiger partial charge in [0.1, 0.15) is 0 Å². The first-order valence-corrected chi connectivity index (χ1v) is 7.31. The summed E-state index contributed by atoms with van der Waals surface area (Å²) < 4.78 is 0. The summed E-state index contributed by atoms with van der Waals surface area (Å²) in [4.78, 5) is 23.8. The fraction of sp³-hybridized carbons (Fsp3) is 0.125. The predicted molar refractivity (Wildman–Crippen MR) is 88.6 cm³/mol. The quantitative estimate of drug-likeness (QED) is 0.894. The van der Waals surface area contributed by atoms with E-state index < -0.39 is 0 Å². The first kappa shape index (κ1) is 16.3. The maximum absolute atomic E-state index is 11.9. The first-order chi connectivity index (χ1) is 10.5. The molecule has 0 aliphatic carbocycles. The van der Waals surface area contributed by atoms with E-state index in [-0.39, 0.29) is 18.4 Å². The molecule has 0 fully saturated rings. The molecule has 0 unspecified atom stereocenters. The zero-order valence-corrected chi connectivity index (χ0v) is 13.3.